The van der Waals surface area contributed by atoms with E-state index in [1.165, 1.54) is 77.0 Å². The summed E-state index contributed by atoms with van der Waals surface area (Å²) in [4.78, 5) is 11.8. The Morgan fingerprint density at radius 2 is 1.32 bits per heavy atom. The van der Waals surface area contributed by atoms with Crippen LogP contribution in [0.2, 0.25) is 0 Å². The van der Waals surface area contributed by atoms with Crippen LogP contribution in [0.25, 0.3) is 0 Å². The molecular weight excluding hydrogens is 310 g/mol. The smallest absolute Gasteiger partial charge is 0.246 e. The summed E-state index contributed by atoms with van der Waals surface area (Å²) >= 11 is 0. The van der Waals surface area contributed by atoms with Crippen molar-refractivity contribution in [2.75, 3.05) is 6.61 Å². The number of aliphatic hydroxyl groups excluding tert-OH is 1. The van der Waals surface area contributed by atoms with Crippen LogP contribution in [0, 0.1) is 0 Å². The molecule has 148 valence electrons. The molecule has 3 nitrogen and oxygen atoms in total. The van der Waals surface area contributed by atoms with Gasteiger partial charge in [0.15, 0.2) is 0 Å². The zero-order valence-electron chi connectivity index (χ0n) is 17.1. The molecule has 0 saturated heterocycles. The Kier molecular flexibility index (Phi) is 17.4. The average Bonchev–Trinajstić information content (AvgIpc) is 2.61. The molecule has 3 heteroatoms. The number of hydrogen-bond acceptors (Lipinski definition) is 2. The van der Waals surface area contributed by atoms with Gasteiger partial charge in [-0.05, 0) is 26.7 Å². The molecule has 0 fully saturated rings. The zero-order valence-corrected chi connectivity index (χ0v) is 17.1. The van der Waals surface area contributed by atoms with E-state index in [1.54, 1.807) is 6.92 Å². The highest BCUT2D eigenvalue weighted by Crippen LogP contribution is 2.13. The van der Waals surface area contributed by atoms with Gasteiger partial charge in [0, 0.05) is 11.6 Å². The summed E-state index contributed by atoms with van der Waals surface area (Å²) < 4.78 is 0. The lowest BCUT2D eigenvalue weighted by Crippen LogP contribution is -2.35. The first-order valence-corrected chi connectivity index (χ1v) is 10.7. The van der Waals surface area contributed by atoms with Crippen molar-refractivity contribution >= 4 is 5.91 Å². The second-order valence-corrected chi connectivity index (χ2v) is 7.48. The van der Waals surface area contributed by atoms with Crippen LogP contribution in [0.5, 0.6) is 0 Å². The summed E-state index contributed by atoms with van der Waals surface area (Å²) in [5, 5.41) is 11.7. The Morgan fingerprint density at radius 3 is 1.76 bits per heavy atom. The van der Waals surface area contributed by atoms with Crippen LogP contribution in [0.3, 0.4) is 0 Å². The zero-order chi connectivity index (χ0) is 18.8. The van der Waals surface area contributed by atoms with Crippen molar-refractivity contribution in [2.24, 2.45) is 0 Å². The molecule has 0 saturated carbocycles. The van der Waals surface area contributed by atoms with E-state index < -0.39 is 0 Å². The summed E-state index contributed by atoms with van der Waals surface area (Å²) in [6.07, 6.45) is 20.7. The molecule has 0 heterocycles. The Bertz CT molecular complexity index is 339. The Morgan fingerprint density at radius 1 is 0.880 bits per heavy atom. The minimum absolute atomic E-state index is 0.0160. The quantitative estimate of drug-likeness (QED) is 0.252. The minimum Gasteiger partial charge on any atom is -0.394 e. The summed E-state index contributed by atoms with van der Waals surface area (Å²) in [6.45, 7) is 5.91. The third kappa shape index (κ3) is 16.4. The van der Waals surface area contributed by atoms with Gasteiger partial charge in [-0.25, -0.2) is 0 Å². The van der Waals surface area contributed by atoms with Crippen molar-refractivity contribution in [1.82, 2.24) is 5.32 Å². The first kappa shape index (κ1) is 24.2. The Labute approximate surface area is 156 Å². The molecule has 0 aromatic rings. The second-order valence-electron chi connectivity index (χ2n) is 7.48. The molecule has 0 aliphatic carbocycles. The van der Waals surface area contributed by atoms with Crippen LogP contribution in [-0.4, -0.2) is 23.7 Å². The van der Waals surface area contributed by atoms with Crippen LogP contribution in [0.1, 0.15) is 111 Å². The molecule has 2 N–H and O–H groups in total. The first-order valence-electron chi connectivity index (χ1n) is 10.7. The monoisotopic (exact) mass is 353 g/mol. The molecule has 0 bridgehead atoms. The number of unbranched alkanes of at least 4 members (excludes halogenated alkanes) is 13. The van der Waals surface area contributed by atoms with Gasteiger partial charge in [-0.15, -0.1) is 0 Å². The first-order chi connectivity index (χ1) is 12.1. The molecule has 1 amide bonds. The predicted octanol–water partition coefficient (Wildman–Crippen LogP) is 5.91. The van der Waals surface area contributed by atoms with Crippen molar-refractivity contribution in [1.29, 1.82) is 0 Å². The van der Waals surface area contributed by atoms with Crippen molar-refractivity contribution in [3.63, 3.8) is 0 Å². The van der Waals surface area contributed by atoms with Gasteiger partial charge in [-0.2, -0.15) is 0 Å². The maximum Gasteiger partial charge on any atom is 0.246 e. The summed E-state index contributed by atoms with van der Waals surface area (Å²) in [6, 6.07) is -0.174. The maximum atomic E-state index is 11.8. The number of carbonyl (C=O) groups excluding carboxylic acids is 1. The summed E-state index contributed by atoms with van der Waals surface area (Å²) in [5.74, 6) is -0.0590. The van der Waals surface area contributed by atoms with Crippen LogP contribution in [0.15, 0.2) is 11.6 Å². The Balaban J connectivity index is 3.38. The molecule has 0 aromatic carbocycles. The molecule has 0 radical (unpaired) electrons. The van der Waals surface area contributed by atoms with Gasteiger partial charge >= 0.3 is 0 Å². The molecule has 0 spiro atoms. The van der Waals surface area contributed by atoms with Crippen LogP contribution >= 0.6 is 0 Å². The SMILES string of the molecule is CCCCCCCCCCCCCCC/C=C(\C)C(=O)N[C@@H](C)CO. The highest BCUT2D eigenvalue weighted by molar-refractivity contribution is 5.92. The topological polar surface area (TPSA) is 49.3 Å². The number of carbonyl (C=O) groups is 1. The van der Waals surface area contributed by atoms with Crippen LogP contribution in [-0.2, 0) is 4.79 Å². The highest BCUT2D eigenvalue weighted by atomic mass is 16.3. The van der Waals surface area contributed by atoms with Gasteiger partial charge < -0.3 is 10.4 Å². The maximum absolute atomic E-state index is 11.8. The van der Waals surface area contributed by atoms with Gasteiger partial charge in [0.05, 0.1) is 6.61 Å². The van der Waals surface area contributed by atoms with Gasteiger partial charge in [0.1, 0.15) is 0 Å². The molecule has 1 atom stereocenters. The lowest BCUT2D eigenvalue weighted by Gasteiger charge is -2.10. The van der Waals surface area contributed by atoms with E-state index in [2.05, 4.69) is 12.2 Å². The van der Waals surface area contributed by atoms with E-state index in [9.17, 15) is 4.79 Å². The predicted molar refractivity (Wildman–Crippen MR) is 109 cm³/mol. The fourth-order valence-corrected chi connectivity index (χ4v) is 2.96. The van der Waals surface area contributed by atoms with E-state index >= 15 is 0 Å². The molecule has 0 aliphatic rings. The molecule has 0 rings (SSSR count). The summed E-state index contributed by atoms with van der Waals surface area (Å²) in [7, 11) is 0. The lowest BCUT2D eigenvalue weighted by atomic mass is 10.0. The van der Waals surface area contributed by atoms with Crippen LogP contribution < -0.4 is 5.32 Å². The third-order valence-corrected chi connectivity index (χ3v) is 4.77. The second kappa shape index (κ2) is 18.0. The van der Waals surface area contributed by atoms with Gasteiger partial charge in [-0.1, -0.05) is 90.0 Å². The molecule has 0 aromatic heterocycles. The molecule has 0 unspecified atom stereocenters. The van der Waals surface area contributed by atoms with Gasteiger partial charge in [0.25, 0.3) is 0 Å². The minimum atomic E-state index is -0.174. The van der Waals surface area contributed by atoms with Gasteiger partial charge in [-0.3, -0.25) is 4.79 Å². The molecule has 25 heavy (non-hydrogen) atoms. The lowest BCUT2D eigenvalue weighted by molar-refractivity contribution is -0.118. The van der Waals surface area contributed by atoms with E-state index in [4.69, 9.17) is 5.11 Å². The number of amides is 1. The number of hydrogen-bond donors (Lipinski definition) is 2. The number of rotatable bonds is 17. The number of nitrogens with one attached hydrogen (secondary N) is 1. The van der Waals surface area contributed by atoms with E-state index in [-0.39, 0.29) is 18.6 Å². The number of aliphatic hydroxyl groups is 1. The van der Waals surface area contributed by atoms with E-state index in [0.717, 1.165) is 18.4 Å². The Hall–Kier alpha value is -0.830. The standard InChI is InChI=1S/C22H43NO2/c1-4-5-6-7-8-9-10-11-12-13-14-15-16-17-18-20(2)22(25)23-21(3)19-24/h18,21,24H,4-17,19H2,1-3H3,(H,23,25)/b20-18+/t21-/m0/s1. The summed E-state index contributed by atoms with van der Waals surface area (Å²) in [5.41, 5.74) is 0.763. The number of allylic oxidation sites excluding steroid dienone is 1. The van der Waals surface area contributed by atoms with Crippen molar-refractivity contribution < 1.29 is 9.90 Å². The average molecular weight is 354 g/mol. The van der Waals surface area contributed by atoms with Crippen molar-refractivity contribution in [2.45, 2.75) is 117 Å². The normalized spacial score (nSPS) is 13.0. The van der Waals surface area contributed by atoms with Crippen molar-refractivity contribution in [3.05, 3.63) is 11.6 Å². The van der Waals surface area contributed by atoms with Crippen molar-refractivity contribution in [3.8, 4) is 0 Å². The van der Waals surface area contributed by atoms with E-state index in [1.807, 2.05) is 13.0 Å². The van der Waals surface area contributed by atoms with Crippen LogP contribution in [0.4, 0.5) is 0 Å². The highest BCUT2D eigenvalue weighted by Gasteiger charge is 2.07. The largest absolute Gasteiger partial charge is 0.394 e. The molecule has 0 aliphatic heterocycles. The molecular formula is C22H43NO2. The van der Waals surface area contributed by atoms with E-state index in [0.29, 0.717) is 0 Å². The fourth-order valence-electron chi connectivity index (χ4n) is 2.96. The third-order valence-electron chi connectivity index (χ3n) is 4.77. The fraction of sp³-hybridized carbons (Fsp3) is 0.864. The van der Waals surface area contributed by atoms with Gasteiger partial charge in [0.2, 0.25) is 5.91 Å².